The van der Waals surface area contributed by atoms with Gasteiger partial charge in [-0.2, -0.15) is 0 Å². The number of benzene rings is 1. The molecule has 1 aromatic rings. The average molecular weight is 351 g/mol. The van der Waals surface area contributed by atoms with Crippen LogP contribution in [0.25, 0.3) is 0 Å². The molecule has 0 radical (unpaired) electrons. The third-order valence-electron chi connectivity index (χ3n) is 5.41. The first-order valence-electron chi connectivity index (χ1n) is 8.70. The van der Waals surface area contributed by atoms with Crippen molar-refractivity contribution >= 4 is 29.1 Å². The van der Waals surface area contributed by atoms with Gasteiger partial charge in [-0.3, -0.25) is 9.59 Å². The van der Waals surface area contributed by atoms with Gasteiger partial charge in [-0.1, -0.05) is 50.9 Å². The molecule has 1 saturated carbocycles. The fourth-order valence-corrected chi connectivity index (χ4v) is 3.48. The molecule has 2 N–H and O–H groups in total. The fraction of sp³-hybridized carbons (Fsp3) is 0.579. The zero-order valence-corrected chi connectivity index (χ0v) is 15.5. The van der Waals surface area contributed by atoms with Crippen LogP contribution in [0.4, 0.5) is 5.69 Å². The molecule has 0 unspecified atom stereocenters. The van der Waals surface area contributed by atoms with Crippen LogP contribution in [0, 0.1) is 11.3 Å². The van der Waals surface area contributed by atoms with Crippen LogP contribution >= 0.6 is 11.6 Å². The maximum Gasteiger partial charge on any atom is 0.313 e. The van der Waals surface area contributed by atoms with E-state index in [0.29, 0.717) is 22.0 Å². The number of hydrogen-bond donors (Lipinski definition) is 2. The van der Waals surface area contributed by atoms with Crippen LogP contribution in [0.15, 0.2) is 24.3 Å². The van der Waals surface area contributed by atoms with E-state index in [1.807, 2.05) is 0 Å². The minimum Gasteiger partial charge on any atom is -0.345 e. The van der Waals surface area contributed by atoms with Crippen molar-refractivity contribution in [3.63, 3.8) is 0 Å². The minimum absolute atomic E-state index is 0.0819. The van der Waals surface area contributed by atoms with E-state index in [1.54, 1.807) is 24.3 Å². The largest absolute Gasteiger partial charge is 0.345 e. The summed E-state index contributed by atoms with van der Waals surface area (Å²) in [7, 11) is 0. The van der Waals surface area contributed by atoms with E-state index in [2.05, 4.69) is 31.4 Å². The zero-order valence-electron chi connectivity index (χ0n) is 14.7. The van der Waals surface area contributed by atoms with Crippen molar-refractivity contribution in [1.82, 2.24) is 5.32 Å². The molecule has 1 aromatic carbocycles. The highest BCUT2D eigenvalue weighted by atomic mass is 35.5. The summed E-state index contributed by atoms with van der Waals surface area (Å²) in [5.74, 6) is -0.570. The Kier molecular flexibility index (Phi) is 6.27. The molecular weight excluding hydrogens is 324 g/mol. The normalized spacial score (nSPS) is 21.2. The van der Waals surface area contributed by atoms with Gasteiger partial charge in [0, 0.05) is 6.04 Å². The van der Waals surface area contributed by atoms with Gasteiger partial charge in [0.1, 0.15) is 0 Å². The molecule has 1 fully saturated rings. The second-order valence-corrected chi connectivity index (χ2v) is 7.71. The van der Waals surface area contributed by atoms with E-state index < -0.39 is 11.8 Å². The summed E-state index contributed by atoms with van der Waals surface area (Å²) in [5.41, 5.74) is 0.795. The van der Waals surface area contributed by atoms with Gasteiger partial charge in [0.05, 0.1) is 10.7 Å². The van der Waals surface area contributed by atoms with Gasteiger partial charge in [-0.15, -0.1) is 0 Å². The monoisotopic (exact) mass is 350 g/mol. The van der Waals surface area contributed by atoms with Crippen LogP contribution < -0.4 is 10.6 Å². The Balaban J connectivity index is 1.83. The minimum atomic E-state index is -0.667. The first-order valence-corrected chi connectivity index (χ1v) is 9.07. The van der Waals surface area contributed by atoms with Gasteiger partial charge in [0.15, 0.2) is 0 Å². The molecule has 5 heteroatoms. The Morgan fingerprint density at radius 2 is 1.75 bits per heavy atom. The topological polar surface area (TPSA) is 58.2 Å². The van der Waals surface area contributed by atoms with Crippen molar-refractivity contribution in [1.29, 1.82) is 0 Å². The van der Waals surface area contributed by atoms with Gasteiger partial charge in [0.2, 0.25) is 0 Å². The summed E-state index contributed by atoms with van der Waals surface area (Å²) in [6.07, 6.45) is 5.21. The molecule has 1 aliphatic carbocycles. The highest BCUT2D eigenvalue weighted by Gasteiger charge is 2.32. The summed E-state index contributed by atoms with van der Waals surface area (Å²) >= 11 is 5.99. The van der Waals surface area contributed by atoms with E-state index in [4.69, 9.17) is 11.6 Å². The second kappa shape index (κ2) is 8.02. The lowest BCUT2D eigenvalue weighted by atomic mass is 9.69. The van der Waals surface area contributed by atoms with Crippen LogP contribution in [-0.2, 0) is 9.59 Å². The van der Waals surface area contributed by atoms with Crippen molar-refractivity contribution in [3.05, 3.63) is 29.3 Å². The van der Waals surface area contributed by atoms with Crippen molar-refractivity contribution in [2.75, 3.05) is 5.32 Å². The molecule has 4 nitrogen and oxygen atoms in total. The predicted molar refractivity (Wildman–Crippen MR) is 98.0 cm³/mol. The standard InChI is InChI=1S/C19H27ClN2O2/c1-4-19(2,3)13-9-11-14(12-10-13)21-17(23)18(24)22-16-8-6-5-7-15(16)20/h5-8,13-14H,4,9-12H2,1-3H3,(H,21,23)(H,22,24). The summed E-state index contributed by atoms with van der Waals surface area (Å²) in [5, 5.41) is 5.83. The van der Waals surface area contributed by atoms with Gasteiger partial charge in [-0.05, 0) is 49.1 Å². The van der Waals surface area contributed by atoms with Crippen LogP contribution in [0.3, 0.4) is 0 Å². The van der Waals surface area contributed by atoms with Crippen LogP contribution in [0.2, 0.25) is 5.02 Å². The Bertz CT molecular complexity index is 593. The van der Waals surface area contributed by atoms with Crippen LogP contribution in [0.1, 0.15) is 52.9 Å². The lowest BCUT2D eigenvalue weighted by Crippen LogP contribution is -2.44. The van der Waals surface area contributed by atoms with Crippen molar-refractivity contribution in [2.45, 2.75) is 58.9 Å². The number of rotatable bonds is 4. The van der Waals surface area contributed by atoms with Crippen molar-refractivity contribution < 1.29 is 9.59 Å². The molecule has 2 rings (SSSR count). The molecule has 132 valence electrons. The number of hydrogen-bond acceptors (Lipinski definition) is 2. The number of amides is 2. The van der Waals surface area contributed by atoms with Gasteiger partial charge < -0.3 is 10.6 Å². The summed E-state index contributed by atoms with van der Waals surface area (Å²) in [4.78, 5) is 24.1. The molecule has 0 aromatic heterocycles. The molecule has 2 amide bonds. The molecule has 0 spiro atoms. The van der Waals surface area contributed by atoms with Crippen LogP contribution in [0.5, 0.6) is 0 Å². The fourth-order valence-electron chi connectivity index (χ4n) is 3.30. The predicted octanol–water partition coefficient (Wildman–Crippen LogP) is 4.39. The Labute approximate surface area is 149 Å². The van der Waals surface area contributed by atoms with Gasteiger partial charge in [-0.25, -0.2) is 0 Å². The molecule has 1 aliphatic rings. The Hall–Kier alpha value is -1.55. The summed E-state index contributed by atoms with van der Waals surface area (Å²) in [6.45, 7) is 6.86. The highest BCUT2D eigenvalue weighted by Crippen LogP contribution is 2.40. The smallest absolute Gasteiger partial charge is 0.313 e. The number of nitrogens with one attached hydrogen (secondary N) is 2. The molecule has 0 saturated heterocycles. The Morgan fingerprint density at radius 1 is 1.12 bits per heavy atom. The van der Waals surface area contributed by atoms with Gasteiger partial charge in [0.25, 0.3) is 0 Å². The SMILES string of the molecule is CCC(C)(C)C1CCC(NC(=O)C(=O)Nc2ccccc2Cl)CC1. The maximum absolute atomic E-state index is 12.1. The lowest BCUT2D eigenvalue weighted by Gasteiger charge is -2.39. The highest BCUT2D eigenvalue weighted by molar-refractivity contribution is 6.41. The van der Waals surface area contributed by atoms with E-state index in [0.717, 1.165) is 32.1 Å². The number of halogens is 1. The summed E-state index contributed by atoms with van der Waals surface area (Å²) < 4.78 is 0. The molecule has 0 aliphatic heterocycles. The maximum atomic E-state index is 12.1. The lowest BCUT2D eigenvalue weighted by molar-refractivity contribution is -0.136. The van der Waals surface area contributed by atoms with E-state index in [1.165, 1.54) is 0 Å². The molecule has 0 heterocycles. The average Bonchev–Trinajstić information content (AvgIpc) is 2.57. The quantitative estimate of drug-likeness (QED) is 0.791. The number of carbonyl (C=O) groups is 2. The molecule has 0 bridgehead atoms. The van der Waals surface area contributed by atoms with E-state index >= 15 is 0 Å². The third-order valence-corrected chi connectivity index (χ3v) is 5.74. The van der Waals surface area contributed by atoms with Crippen molar-refractivity contribution in [2.24, 2.45) is 11.3 Å². The third kappa shape index (κ3) is 4.73. The van der Waals surface area contributed by atoms with Crippen molar-refractivity contribution in [3.8, 4) is 0 Å². The molecule has 0 atom stereocenters. The number of carbonyl (C=O) groups excluding carboxylic acids is 2. The van der Waals surface area contributed by atoms with Crippen LogP contribution in [-0.4, -0.2) is 17.9 Å². The zero-order chi connectivity index (χ0) is 17.7. The van der Waals surface area contributed by atoms with E-state index in [-0.39, 0.29) is 6.04 Å². The van der Waals surface area contributed by atoms with E-state index in [9.17, 15) is 9.59 Å². The first kappa shape index (κ1) is 18.8. The second-order valence-electron chi connectivity index (χ2n) is 7.30. The van der Waals surface area contributed by atoms with Gasteiger partial charge >= 0.3 is 11.8 Å². The number of para-hydroxylation sites is 1. The number of anilines is 1. The Morgan fingerprint density at radius 3 is 2.33 bits per heavy atom. The summed E-state index contributed by atoms with van der Waals surface area (Å²) in [6, 6.07) is 6.96. The first-order chi connectivity index (χ1) is 11.3. The molecular formula is C19H27ClN2O2. The molecule has 24 heavy (non-hydrogen) atoms.